The van der Waals surface area contributed by atoms with Gasteiger partial charge >= 0.3 is 0 Å². The van der Waals surface area contributed by atoms with E-state index in [0.29, 0.717) is 12.0 Å². The number of benzene rings is 2. The molecule has 0 spiro atoms. The minimum atomic E-state index is 0.152. The summed E-state index contributed by atoms with van der Waals surface area (Å²) in [6, 6.07) is 20.5. The number of fused-ring (bicyclic) bond motifs is 1. The Balaban J connectivity index is 0.00000124. The van der Waals surface area contributed by atoms with Crippen LogP contribution in [0, 0.1) is 0 Å². The lowest BCUT2D eigenvalue weighted by Gasteiger charge is -2.11. The highest BCUT2D eigenvalue weighted by Gasteiger charge is 2.16. The summed E-state index contributed by atoms with van der Waals surface area (Å²) >= 11 is 0. The van der Waals surface area contributed by atoms with E-state index in [-0.39, 0.29) is 5.78 Å². The van der Waals surface area contributed by atoms with E-state index < -0.39 is 0 Å². The summed E-state index contributed by atoms with van der Waals surface area (Å²) in [5.41, 5.74) is 3.64. The van der Waals surface area contributed by atoms with Gasteiger partial charge in [0.15, 0.2) is 5.78 Å². The lowest BCUT2D eigenvalue weighted by Crippen LogP contribution is -2.01. The molecule has 0 bridgehead atoms. The maximum absolute atomic E-state index is 12.6. The molecular weight excluding hydrogens is 372 g/mol. The number of carbonyl (C=O) groups excluding carboxylic acids is 1. The third-order valence-corrected chi connectivity index (χ3v) is 4.93. The quantitative estimate of drug-likeness (QED) is 0.410. The van der Waals surface area contributed by atoms with Crippen molar-refractivity contribution in [1.29, 1.82) is 0 Å². The molecule has 0 saturated heterocycles. The second-order valence-electron chi connectivity index (χ2n) is 6.84. The Morgan fingerprint density at radius 3 is 2.57 bits per heavy atom. The first-order valence-corrected chi connectivity index (χ1v) is 9.98. The van der Waals surface area contributed by atoms with Crippen LogP contribution in [0.15, 0.2) is 79.6 Å². The maximum atomic E-state index is 12.6. The minimum absolute atomic E-state index is 0.152. The van der Waals surface area contributed by atoms with Gasteiger partial charge < -0.3 is 5.11 Å². The Bertz CT molecular complexity index is 1170. The predicted octanol–water partition coefficient (Wildman–Crippen LogP) is 5.93. The van der Waals surface area contributed by atoms with Crippen molar-refractivity contribution in [2.24, 2.45) is 0 Å². The molecule has 4 heteroatoms. The van der Waals surface area contributed by atoms with E-state index in [9.17, 15) is 4.79 Å². The van der Waals surface area contributed by atoms with Crippen molar-refractivity contribution in [3.8, 4) is 17.1 Å². The van der Waals surface area contributed by atoms with E-state index in [2.05, 4.69) is 41.9 Å². The van der Waals surface area contributed by atoms with E-state index in [0.717, 1.165) is 36.2 Å². The molecule has 0 radical (unpaired) electrons. The molecule has 1 N–H and O–H groups in total. The SMILES string of the molecule is C=Cc1cccnc1-n1cc(C(=O)CCC)cc1-c1ccc2ccccc2c1.CO. The van der Waals surface area contributed by atoms with Crippen LogP contribution >= 0.6 is 0 Å². The summed E-state index contributed by atoms with van der Waals surface area (Å²) in [4.78, 5) is 17.2. The normalized spacial score (nSPS) is 10.4. The van der Waals surface area contributed by atoms with Crippen LogP contribution < -0.4 is 0 Å². The molecule has 2 aromatic carbocycles. The van der Waals surface area contributed by atoms with Crippen molar-refractivity contribution in [3.63, 3.8) is 0 Å². The molecule has 0 amide bonds. The second kappa shape index (κ2) is 9.81. The van der Waals surface area contributed by atoms with E-state index in [1.165, 1.54) is 10.8 Å². The molecule has 4 aromatic rings. The van der Waals surface area contributed by atoms with Crippen molar-refractivity contribution in [3.05, 3.63) is 90.8 Å². The van der Waals surface area contributed by atoms with Crippen LogP contribution in [-0.4, -0.2) is 27.6 Å². The first kappa shape index (κ1) is 21.2. The Kier molecular flexibility index (Phi) is 6.94. The summed E-state index contributed by atoms with van der Waals surface area (Å²) in [5, 5.41) is 9.36. The zero-order valence-corrected chi connectivity index (χ0v) is 17.4. The van der Waals surface area contributed by atoms with Crippen molar-refractivity contribution in [2.75, 3.05) is 7.11 Å². The van der Waals surface area contributed by atoms with Crippen LogP contribution in [0.4, 0.5) is 0 Å². The van der Waals surface area contributed by atoms with Gasteiger partial charge in [-0.05, 0) is 47.0 Å². The van der Waals surface area contributed by atoms with Crippen LogP contribution in [0.5, 0.6) is 0 Å². The molecule has 0 aliphatic heterocycles. The van der Waals surface area contributed by atoms with Crippen molar-refractivity contribution < 1.29 is 9.90 Å². The lowest BCUT2D eigenvalue weighted by atomic mass is 10.0. The number of pyridine rings is 1. The Labute approximate surface area is 177 Å². The molecule has 0 aliphatic carbocycles. The largest absolute Gasteiger partial charge is 0.400 e. The first-order valence-electron chi connectivity index (χ1n) is 9.98. The highest BCUT2D eigenvalue weighted by Crippen LogP contribution is 2.30. The van der Waals surface area contributed by atoms with Gasteiger partial charge in [0.2, 0.25) is 0 Å². The summed E-state index contributed by atoms with van der Waals surface area (Å²) in [7, 11) is 1.00. The zero-order chi connectivity index (χ0) is 21.5. The van der Waals surface area contributed by atoms with Gasteiger partial charge in [-0.3, -0.25) is 9.36 Å². The van der Waals surface area contributed by atoms with Gasteiger partial charge in [-0.1, -0.05) is 56.0 Å². The third-order valence-electron chi connectivity index (χ3n) is 4.93. The molecule has 0 fully saturated rings. The fourth-order valence-corrected chi connectivity index (χ4v) is 3.50. The number of hydrogen-bond donors (Lipinski definition) is 1. The smallest absolute Gasteiger partial charge is 0.164 e. The zero-order valence-electron chi connectivity index (χ0n) is 17.4. The number of ketones is 1. The number of aliphatic hydroxyl groups is 1. The van der Waals surface area contributed by atoms with E-state index >= 15 is 0 Å². The average Bonchev–Trinajstić information content (AvgIpc) is 3.25. The number of hydrogen-bond acceptors (Lipinski definition) is 3. The molecule has 4 rings (SSSR count). The number of aliphatic hydroxyl groups excluding tert-OH is 1. The molecule has 0 unspecified atom stereocenters. The molecular formula is C26H26N2O2. The number of rotatable bonds is 6. The third kappa shape index (κ3) is 4.24. The summed E-state index contributed by atoms with van der Waals surface area (Å²) in [5.74, 6) is 0.926. The molecule has 2 heterocycles. The topological polar surface area (TPSA) is 55.1 Å². The van der Waals surface area contributed by atoms with Crippen molar-refractivity contribution in [2.45, 2.75) is 19.8 Å². The van der Waals surface area contributed by atoms with Crippen LogP contribution in [0.1, 0.15) is 35.7 Å². The molecule has 152 valence electrons. The Morgan fingerprint density at radius 2 is 1.83 bits per heavy atom. The van der Waals surface area contributed by atoms with E-state index in [4.69, 9.17) is 5.11 Å². The van der Waals surface area contributed by atoms with Gasteiger partial charge in [0, 0.05) is 37.1 Å². The number of carbonyl (C=O) groups is 1. The van der Waals surface area contributed by atoms with Gasteiger partial charge in [0.1, 0.15) is 5.82 Å². The summed E-state index contributed by atoms with van der Waals surface area (Å²) < 4.78 is 2.00. The molecule has 0 saturated carbocycles. The monoisotopic (exact) mass is 398 g/mol. The second-order valence-corrected chi connectivity index (χ2v) is 6.84. The highest BCUT2D eigenvalue weighted by atomic mass is 16.2. The van der Waals surface area contributed by atoms with Crippen LogP contribution in [0.3, 0.4) is 0 Å². The standard InChI is InChI=1S/C25H22N2O.CH4O/c1-3-8-24(28)22-16-23(21-13-12-19-9-5-6-10-20(19)15-21)27(17-22)25-18(4-2)11-7-14-26-25;1-2/h4-7,9-17H,2-3,8H2,1H3;2H,1H3. The lowest BCUT2D eigenvalue weighted by molar-refractivity contribution is 0.0982. The minimum Gasteiger partial charge on any atom is -0.400 e. The maximum Gasteiger partial charge on any atom is 0.164 e. The fraction of sp³-hybridized carbons (Fsp3) is 0.154. The van der Waals surface area contributed by atoms with E-state index in [1.807, 2.05) is 48.0 Å². The van der Waals surface area contributed by atoms with Crippen molar-refractivity contribution in [1.82, 2.24) is 9.55 Å². The van der Waals surface area contributed by atoms with E-state index in [1.54, 1.807) is 12.3 Å². The Hall–Kier alpha value is -3.50. The van der Waals surface area contributed by atoms with Gasteiger partial charge in [-0.2, -0.15) is 0 Å². The van der Waals surface area contributed by atoms with Gasteiger partial charge in [0.05, 0.1) is 5.69 Å². The summed E-state index contributed by atoms with van der Waals surface area (Å²) in [6.07, 6.45) is 6.83. The predicted molar refractivity (Wildman–Crippen MR) is 124 cm³/mol. The van der Waals surface area contributed by atoms with Gasteiger partial charge in [-0.25, -0.2) is 4.98 Å². The van der Waals surface area contributed by atoms with Crippen LogP contribution in [0.25, 0.3) is 33.9 Å². The van der Waals surface area contributed by atoms with Gasteiger partial charge in [0.25, 0.3) is 0 Å². The molecule has 0 atom stereocenters. The van der Waals surface area contributed by atoms with Crippen molar-refractivity contribution >= 4 is 22.6 Å². The molecule has 30 heavy (non-hydrogen) atoms. The van der Waals surface area contributed by atoms with Crippen LogP contribution in [-0.2, 0) is 0 Å². The van der Waals surface area contributed by atoms with Crippen LogP contribution in [0.2, 0.25) is 0 Å². The number of Topliss-reactive ketones (excluding diaryl/α,β-unsaturated/α-hetero) is 1. The molecule has 0 aliphatic rings. The van der Waals surface area contributed by atoms with Gasteiger partial charge in [-0.15, -0.1) is 0 Å². The molecule has 2 aromatic heterocycles. The summed E-state index contributed by atoms with van der Waals surface area (Å²) in [6.45, 7) is 5.93. The number of aromatic nitrogens is 2. The molecule has 4 nitrogen and oxygen atoms in total. The average molecular weight is 399 g/mol. The number of nitrogens with zero attached hydrogens (tertiary/aromatic N) is 2. The fourth-order valence-electron chi connectivity index (χ4n) is 3.50. The first-order chi connectivity index (χ1) is 14.7. The highest BCUT2D eigenvalue weighted by molar-refractivity contribution is 5.98. The Morgan fingerprint density at radius 1 is 1.07 bits per heavy atom.